The van der Waals surface area contributed by atoms with Gasteiger partial charge in [-0.2, -0.15) is 0 Å². The summed E-state index contributed by atoms with van der Waals surface area (Å²) in [6, 6.07) is 31.8. The molecule has 4 heteroatoms. The Balaban J connectivity index is 2.16. The first kappa shape index (κ1) is 25.1. The number of aliphatic hydroxyl groups excluding tert-OH is 1. The molecule has 0 unspecified atom stereocenters. The molecule has 3 rings (SSSR count). The number of rotatable bonds is 12. The van der Waals surface area contributed by atoms with Gasteiger partial charge in [0.15, 0.2) is 0 Å². The van der Waals surface area contributed by atoms with Crippen LogP contribution in [0.15, 0.2) is 104 Å². The Labute approximate surface area is 199 Å². The van der Waals surface area contributed by atoms with Crippen molar-refractivity contribution in [1.29, 1.82) is 0 Å². The van der Waals surface area contributed by atoms with E-state index >= 15 is 0 Å². The zero-order valence-corrected chi connectivity index (χ0v) is 21.0. The van der Waals surface area contributed by atoms with E-state index in [0.717, 1.165) is 0 Å². The van der Waals surface area contributed by atoms with Crippen LogP contribution in [0.25, 0.3) is 0 Å². The summed E-state index contributed by atoms with van der Waals surface area (Å²) in [6.07, 6.45) is 2.46. The normalized spacial score (nSPS) is 13.9. The molecule has 33 heavy (non-hydrogen) atoms. The van der Waals surface area contributed by atoms with Crippen LogP contribution < -0.4 is 0 Å². The molecule has 0 aliphatic carbocycles. The maximum absolute atomic E-state index is 10.2. The van der Waals surface area contributed by atoms with Gasteiger partial charge in [0.1, 0.15) is 0 Å². The second-order valence-electron chi connectivity index (χ2n) is 8.94. The van der Waals surface area contributed by atoms with E-state index in [0.29, 0.717) is 19.4 Å². The lowest BCUT2D eigenvalue weighted by Gasteiger charge is -2.47. The molecule has 2 atom stereocenters. The Morgan fingerprint density at radius 1 is 0.848 bits per heavy atom. The second kappa shape index (κ2) is 11.6. The summed E-state index contributed by atoms with van der Waals surface area (Å²) in [5.41, 5.74) is 2.75. The molecule has 0 amide bonds. The van der Waals surface area contributed by atoms with Crippen LogP contribution in [0.5, 0.6) is 0 Å². The third-order valence-corrected chi connectivity index (χ3v) is 9.19. The molecular weight excluding hydrogens is 424 g/mol. The Morgan fingerprint density at radius 3 is 1.64 bits per heavy atom. The molecule has 0 aromatic heterocycles. The molecule has 0 spiro atoms. The fraction of sp³-hybridized carbons (Fsp3) is 0.310. The second-order valence-corrected chi connectivity index (χ2v) is 13.0. The standard InChI is InChI=1S/C29H36O3Si/c1-5-15-27(30)22-23-32-33(3,4)28(31-2)29(24-16-9-6-10-17-24,25-18-11-7-12-19-25)26-20-13-8-14-21-26/h5-14,16-21,27-28,30H,1,15,22-23H2,2-4H3/t27-,28+/m0/s1. The van der Waals surface area contributed by atoms with Crippen molar-refractivity contribution >= 4 is 8.32 Å². The zero-order valence-electron chi connectivity index (χ0n) is 20.0. The summed E-state index contributed by atoms with van der Waals surface area (Å²) in [6.45, 7) is 8.63. The van der Waals surface area contributed by atoms with Crippen LogP contribution in [0.1, 0.15) is 29.5 Å². The van der Waals surface area contributed by atoms with Gasteiger partial charge in [-0.3, -0.25) is 0 Å². The lowest BCUT2D eigenvalue weighted by molar-refractivity contribution is 0.0864. The highest BCUT2D eigenvalue weighted by molar-refractivity contribution is 6.73. The first-order valence-electron chi connectivity index (χ1n) is 11.6. The van der Waals surface area contributed by atoms with Crippen molar-refractivity contribution in [1.82, 2.24) is 0 Å². The highest BCUT2D eigenvalue weighted by Gasteiger charge is 2.52. The summed E-state index contributed by atoms with van der Waals surface area (Å²) in [4.78, 5) is 0. The van der Waals surface area contributed by atoms with Gasteiger partial charge in [-0.1, -0.05) is 97.1 Å². The maximum atomic E-state index is 10.2. The molecule has 3 nitrogen and oxygen atoms in total. The minimum atomic E-state index is -2.47. The number of benzene rings is 3. The fourth-order valence-electron chi connectivity index (χ4n) is 4.88. The minimum Gasteiger partial charge on any atom is -0.415 e. The maximum Gasteiger partial charge on any atom is 0.216 e. The summed E-state index contributed by atoms with van der Waals surface area (Å²) >= 11 is 0. The molecule has 1 N–H and O–H groups in total. The van der Waals surface area contributed by atoms with Gasteiger partial charge in [0.2, 0.25) is 8.32 Å². The molecule has 0 aliphatic rings. The summed E-state index contributed by atoms with van der Waals surface area (Å²) < 4.78 is 13.0. The largest absolute Gasteiger partial charge is 0.415 e. The number of ether oxygens (including phenoxy) is 1. The fourth-order valence-corrected chi connectivity index (χ4v) is 7.79. The average molecular weight is 461 g/mol. The summed E-state index contributed by atoms with van der Waals surface area (Å²) in [7, 11) is -0.675. The van der Waals surface area contributed by atoms with Gasteiger partial charge in [0, 0.05) is 13.7 Å². The van der Waals surface area contributed by atoms with E-state index in [1.54, 1.807) is 13.2 Å². The predicted molar refractivity (Wildman–Crippen MR) is 139 cm³/mol. The highest BCUT2D eigenvalue weighted by atomic mass is 28.4. The van der Waals surface area contributed by atoms with E-state index in [-0.39, 0.29) is 5.73 Å². The molecule has 0 fully saturated rings. The molecule has 3 aromatic carbocycles. The van der Waals surface area contributed by atoms with Gasteiger partial charge < -0.3 is 14.3 Å². The molecular formula is C29H36O3Si. The van der Waals surface area contributed by atoms with Gasteiger partial charge in [-0.25, -0.2) is 0 Å². The third-order valence-electron chi connectivity index (χ3n) is 6.31. The smallest absolute Gasteiger partial charge is 0.216 e. The first-order chi connectivity index (χ1) is 16.0. The van der Waals surface area contributed by atoms with E-state index in [1.807, 2.05) is 18.2 Å². The number of aliphatic hydroxyl groups is 1. The molecule has 0 aliphatic heterocycles. The van der Waals surface area contributed by atoms with Crippen LogP contribution in [-0.4, -0.2) is 39.0 Å². The Kier molecular flexibility index (Phi) is 8.81. The van der Waals surface area contributed by atoms with Gasteiger partial charge >= 0.3 is 0 Å². The van der Waals surface area contributed by atoms with Gasteiger partial charge in [-0.15, -0.1) is 6.58 Å². The number of hydrogen-bond donors (Lipinski definition) is 1. The van der Waals surface area contributed by atoms with Crippen molar-refractivity contribution in [2.45, 2.75) is 43.2 Å². The predicted octanol–water partition coefficient (Wildman–Crippen LogP) is 6.12. The van der Waals surface area contributed by atoms with Crippen LogP contribution >= 0.6 is 0 Å². The van der Waals surface area contributed by atoms with Crippen LogP contribution in [0.4, 0.5) is 0 Å². The molecule has 0 bridgehead atoms. The highest BCUT2D eigenvalue weighted by Crippen LogP contribution is 2.46. The van der Waals surface area contributed by atoms with E-state index in [1.165, 1.54) is 16.7 Å². The van der Waals surface area contributed by atoms with E-state index in [9.17, 15) is 5.11 Å². The minimum absolute atomic E-state index is 0.214. The van der Waals surface area contributed by atoms with Gasteiger partial charge in [-0.05, 0) is 42.6 Å². The van der Waals surface area contributed by atoms with Gasteiger partial charge in [0.25, 0.3) is 0 Å². The molecule has 0 radical (unpaired) electrons. The molecule has 3 aromatic rings. The van der Waals surface area contributed by atoms with E-state index in [2.05, 4.69) is 92.5 Å². The van der Waals surface area contributed by atoms with Crippen molar-refractivity contribution in [2.24, 2.45) is 0 Å². The lowest BCUT2D eigenvalue weighted by Crippen LogP contribution is -2.59. The van der Waals surface area contributed by atoms with E-state index in [4.69, 9.17) is 9.16 Å². The quantitative estimate of drug-likeness (QED) is 0.201. The van der Waals surface area contributed by atoms with E-state index < -0.39 is 19.8 Å². The molecule has 0 saturated heterocycles. The number of hydrogen-bond acceptors (Lipinski definition) is 3. The Bertz CT molecular complexity index is 877. The van der Waals surface area contributed by atoms with Crippen molar-refractivity contribution < 1.29 is 14.3 Å². The topological polar surface area (TPSA) is 38.7 Å². The first-order valence-corrected chi connectivity index (χ1v) is 14.6. The SMILES string of the molecule is C=CC[C@H](O)CCO[Si](C)(C)[C@@H](OC)C(c1ccccc1)(c1ccccc1)c1ccccc1. The lowest BCUT2D eigenvalue weighted by atomic mass is 9.69. The van der Waals surface area contributed by atoms with Crippen molar-refractivity contribution in [3.8, 4) is 0 Å². The monoisotopic (exact) mass is 460 g/mol. The summed E-state index contributed by atoms with van der Waals surface area (Å²) in [5, 5.41) is 10.2. The third kappa shape index (κ3) is 5.53. The van der Waals surface area contributed by atoms with Crippen LogP contribution in [0.3, 0.4) is 0 Å². The van der Waals surface area contributed by atoms with Crippen molar-refractivity contribution in [3.63, 3.8) is 0 Å². The Morgan fingerprint density at radius 2 is 1.27 bits per heavy atom. The van der Waals surface area contributed by atoms with Crippen molar-refractivity contribution in [3.05, 3.63) is 120 Å². The summed E-state index contributed by atoms with van der Waals surface area (Å²) in [5.74, 6) is 0. The van der Waals surface area contributed by atoms with Crippen LogP contribution in [0, 0.1) is 0 Å². The Hall–Kier alpha value is -2.50. The average Bonchev–Trinajstić information content (AvgIpc) is 2.84. The number of methoxy groups -OCH3 is 1. The van der Waals surface area contributed by atoms with Crippen molar-refractivity contribution in [2.75, 3.05) is 13.7 Å². The molecule has 174 valence electrons. The molecule has 0 saturated carbocycles. The van der Waals surface area contributed by atoms with Crippen LogP contribution in [-0.2, 0) is 14.6 Å². The van der Waals surface area contributed by atoms with Gasteiger partial charge in [0.05, 0.1) is 17.2 Å². The zero-order chi connectivity index (χ0) is 23.7. The molecule has 0 heterocycles. The van der Waals surface area contributed by atoms with Crippen LogP contribution in [0.2, 0.25) is 13.1 Å².